The van der Waals surface area contributed by atoms with Gasteiger partial charge in [-0.1, -0.05) is 0 Å². The van der Waals surface area contributed by atoms with Gasteiger partial charge < -0.3 is 19.5 Å². The van der Waals surface area contributed by atoms with E-state index in [1.807, 2.05) is 27.7 Å². The smallest absolute Gasteiger partial charge is 0.410 e. The summed E-state index contributed by atoms with van der Waals surface area (Å²) < 4.78 is 11.2. The predicted octanol–water partition coefficient (Wildman–Crippen LogP) is 2.62. The van der Waals surface area contributed by atoms with Gasteiger partial charge in [-0.25, -0.2) is 9.59 Å². The number of ether oxygens (including phenoxy) is 2. The Balaban J connectivity index is 1.74. The highest BCUT2D eigenvalue weighted by Crippen LogP contribution is 2.19. The summed E-state index contributed by atoms with van der Waals surface area (Å²) >= 11 is 0. The van der Waals surface area contributed by atoms with E-state index in [2.05, 4.69) is 4.90 Å². The number of hydrogen-bond donors (Lipinski definition) is 1. The van der Waals surface area contributed by atoms with Gasteiger partial charge in [0.2, 0.25) is 0 Å². The van der Waals surface area contributed by atoms with Gasteiger partial charge >= 0.3 is 12.1 Å². The number of carboxylic acid groups (broad SMARTS) is 1. The summed E-state index contributed by atoms with van der Waals surface area (Å²) in [4.78, 5) is 27.0. The van der Waals surface area contributed by atoms with Crippen molar-refractivity contribution in [3.05, 3.63) is 29.3 Å². The average molecular weight is 364 g/mol. The first kappa shape index (κ1) is 20.0. The van der Waals surface area contributed by atoms with Gasteiger partial charge in [0, 0.05) is 32.7 Å². The van der Waals surface area contributed by atoms with E-state index in [-0.39, 0.29) is 11.7 Å². The molecule has 1 aromatic carbocycles. The molecule has 26 heavy (non-hydrogen) atoms. The van der Waals surface area contributed by atoms with Crippen LogP contribution in [0.4, 0.5) is 4.79 Å². The largest absolute Gasteiger partial charge is 0.492 e. The summed E-state index contributed by atoms with van der Waals surface area (Å²) in [5.74, 6) is -0.245. The SMILES string of the molecule is Cc1cc(C(=O)O)ccc1OCCN1CCN(C(=O)OC(C)(C)C)CC1. The first-order chi connectivity index (χ1) is 12.2. The summed E-state index contributed by atoms with van der Waals surface area (Å²) in [6.07, 6.45) is -0.262. The number of amides is 1. The normalized spacial score (nSPS) is 15.6. The highest BCUT2D eigenvalue weighted by atomic mass is 16.6. The van der Waals surface area contributed by atoms with Crippen LogP contribution in [-0.2, 0) is 4.74 Å². The number of aromatic carboxylic acids is 1. The number of carbonyl (C=O) groups is 2. The molecule has 7 heteroatoms. The number of benzene rings is 1. The van der Waals surface area contributed by atoms with Crippen LogP contribution in [0.2, 0.25) is 0 Å². The molecule has 0 radical (unpaired) electrons. The Hall–Kier alpha value is -2.28. The summed E-state index contributed by atoms with van der Waals surface area (Å²) in [5.41, 5.74) is 0.587. The highest BCUT2D eigenvalue weighted by Gasteiger charge is 2.25. The van der Waals surface area contributed by atoms with Gasteiger partial charge in [0.05, 0.1) is 5.56 Å². The van der Waals surface area contributed by atoms with Crippen molar-refractivity contribution in [2.75, 3.05) is 39.3 Å². The van der Waals surface area contributed by atoms with E-state index >= 15 is 0 Å². The van der Waals surface area contributed by atoms with Crippen molar-refractivity contribution in [1.29, 1.82) is 0 Å². The van der Waals surface area contributed by atoms with Gasteiger partial charge in [-0.3, -0.25) is 4.90 Å². The van der Waals surface area contributed by atoms with Gasteiger partial charge in [0.15, 0.2) is 0 Å². The third-order valence-electron chi connectivity index (χ3n) is 4.11. The summed E-state index contributed by atoms with van der Waals surface area (Å²) in [7, 11) is 0. The first-order valence-corrected chi connectivity index (χ1v) is 8.83. The summed E-state index contributed by atoms with van der Waals surface area (Å²) in [5, 5.41) is 8.98. The number of carboxylic acids is 1. The third kappa shape index (κ3) is 5.91. The molecule has 1 fully saturated rings. The zero-order valence-corrected chi connectivity index (χ0v) is 15.9. The molecule has 0 bridgehead atoms. The van der Waals surface area contributed by atoms with Crippen molar-refractivity contribution in [3.63, 3.8) is 0 Å². The van der Waals surface area contributed by atoms with Crippen LogP contribution in [0.15, 0.2) is 18.2 Å². The minimum absolute atomic E-state index is 0.258. The average Bonchev–Trinajstić information content (AvgIpc) is 2.55. The van der Waals surface area contributed by atoms with Gasteiger partial charge in [-0.2, -0.15) is 0 Å². The maximum Gasteiger partial charge on any atom is 0.410 e. The molecule has 0 saturated carbocycles. The minimum Gasteiger partial charge on any atom is -0.492 e. The van der Waals surface area contributed by atoms with E-state index in [9.17, 15) is 9.59 Å². The second kappa shape index (κ2) is 8.40. The Kier molecular flexibility index (Phi) is 6.47. The van der Waals surface area contributed by atoms with E-state index in [0.29, 0.717) is 25.4 Å². The molecule has 0 aromatic heterocycles. The number of rotatable bonds is 5. The Morgan fingerprint density at radius 3 is 2.35 bits per heavy atom. The molecular weight excluding hydrogens is 336 g/mol. The number of hydrogen-bond acceptors (Lipinski definition) is 5. The number of aryl methyl sites for hydroxylation is 1. The maximum atomic E-state index is 12.1. The number of nitrogens with zero attached hydrogens (tertiary/aromatic N) is 2. The van der Waals surface area contributed by atoms with E-state index in [0.717, 1.165) is 25.2 Å². The zero-order valence-electron chi connectivity index (χ0n) is 15.9. The molecule has 1 aliphatic heterocycles. The second-order valence-corrected chi connectivity index (χ2v) is 7.44. The van der Waals surface area contributed by atoms with E-state index in [1.54, 1.807) is 23.1 Å². The Bertz CT molecular complexity index is 646. The standard InChI is InChI=1S/C19H28N2O5/c1-14-13-15(17(22)23)5-6-16(14)25-12-11-20-7-9-21(10-8-20)18(24)26-19(2,3)4/h5-6,13H,7-12H2,1-4H3,(H,22,23). The van der Waals surface area contributed by atoms with Crippen LogP contribution in [0, 0.1) is 6.92 Å². The molecule has 0 atom stereocenters. The molecule has 1 aromatic rings. The van der Waals surface area contributed by atoms with Crippen LogP contribution in [-0.4, -0.2) is 71.9 Å². The molecular formula is C19H28N2O5. The van der Waals surface area contributed by atoms with E-state index in [4.69, 9.17) is 14.6 Å². The summed E-state index contributed by atoms with van der Waals surface area (Å²) in [6.45, 7) is 11.5. The molecule has 0 aliphatic carbocycles. The lowest BCUT2D eigenvalue weighted by molar-refractivity contribution is 0.0136. The molecule has 1 aliphatic rings. The lowest BCUT2D eigenvalue weighted by Crippen LogP contribution is -2.50. The quantitative estimate of drug-likeness (QED) is 0.865. The van der Waals surface area contributed by atoms with Crippen molar-refractivity contribution in [2.45, 2.75) is 33.3 Å². The summed E-state index contributed by atoms with van der Waals surface area (Å²) in [6, 6.07) is 4.85. The monoisotopic (exact) mass is 364 g/mol. The third-order valence-corrected chi connectivity index (χ3v) is 4.11. The van der Waals surface area contributed by atoms with Crippen LogP contribution in [0.25, 0.3) is 0 Å². The lowest BCUT2D eigenvalue weighted by atomic mass is 10.1. The fourth-order valence-corrected chi connectivity index (χ4v) is 2.71. The molecule has 0 spiro atoms. The molecule has 1 amide bonds. The Labute approximate surface area is 154 Å². The molecule has 144 valence electrons. The van der Waals surface area contributed by atoms with Crippen molar-refractivity contribution >= 4 is 12.1 Å². The Morgan fingerprint density at radius 1 is 1.15 bits per heavy atom. The zero-order chi connectivity index (χ0) is 19.3. The van der Waals surface area contributed by atoms with Crippen molar-refractivity contribution < 1.29 is 24.2 Å². The van der Waals surface area contributed by atoms with Crippen molar-refractivity contribution in [3.8, 4) is 5.75 Å². The van der Waals surface area contributed by atoms with E-state index < -0.39 is 11.6 Å². The van der Waals surface area contributed by atoms with Gasteiger partial charge in [-0.05, 0) is 51.5 Å². The van der Waals surface area contributed by atoms with Crippen LogP contribution >= 0.6 is 0 Å². The predicted molar refractivity (Wildman–Crippen MR) is 97.9 cm³/mol. The van der Waals surface area contributed by atoms with Crippen LogP contribution in [0.1, 0.15) is 36.7 Å². The topological polar surface area (TPSA) is 79.3 Å². The maximum absolute atomic E-state index is 12.1. The Morgan fingerprint density at radius 2 is 1.81 bits per heavy atom. The first-order valence-electron chi connectivity index (χ1n) is 8.83. The highest BCUT2D eigenvalue weighted by molar-refractivity contribution is 5.88. The van der Waals surface area contributed by atoms with Crippen LogP contribution < -0.4 is 4.74 Å². The lowest BCUT2D eigenvalue weighted by Gasteiger charge is -2.35. The molecule has 2 rings (SSSR count). The fraction of sp³-hybridized carbons (Fsp3) is 0.579. The van der Waals surface area contributed by atoms with Crippen LogP contribution in [0.5, 0.6) is 5.75 Å². The molecule has 1 saturated heterocycles. The van der Waals surface area contributed by atoms with Crippen molar-refractivity contribution in [1.82, 2.24) is 9.80 Å². The number of carbonyl (C=O) groups excluding carboxylic acids is 1. The second-order valence-electron chi connectivity index (χ2n) is 7.44. The molecule has 1 heterocycles. The molecule has 7 nitrogen and oxygen atoms in total. The minimum atomic E-state index is -0.942. The van der Waals surface area contributed by atoms with Gasteiger partial charge in [0.1, 0.15) is 18.0 Å². The molecule has 1 N–H and O–H groups in total. The van der Waals surface area contributed by atoms with E-state index in [1.165, 1.54) is 0 Å². The van der Waals surface area contributed by atoms with Gasteiger partial charge in [-0.15, -0.1) is 0 Å². The number of piperazine rings is 1. The van der Waals surface area contributed by atoms with Gasteiger partial charge in [0.25, 0.3) is 0 Å². The van der Waals surface area contributed by atoms with Crippen molar-refractivity contribution in [2.24, 2.45) is 0 Å². The van der Waals surface area contributed by atoms with Crippen LogP contribution in [0.3, 0.4) is 0 Å². The fourth-order valence-electron chi connectivity index (χ4n) is 2.71. The molecule has 0 unspecified atom stereocenters.